The van der Waals surface area contributed by atoms with Gasteiger partial charge in [0.05, 0.1) is 12.2 Å². The molecule has 2 unspecified atom stereocenters. The molecule has 1 heterocycles. The van der Waals surface area contributed by atoms with E-state index >= 15 is 0 Å². The van der Waals surface area contributed by atoms with E-state index < -0.39 is 6.10 Å². The van der Waals surface area contributed by atoms with Crippen LogP contribution in [0.3, 0.4) is 0 Å². The van der Waals surface area contributed by atoms with Crippen LogP contribution in [0.2, 0.25) is 0 Å². The normalized spacial score (nSPS) is 21.6. The maximum absolute atomic E-state index is 12.8. The second kappa shape index (κ2) is 6.98. The predicted molar refractivity (Wildman–Crippen MR) is 72.4 cm³/mol. The van der Waals surface area contributed by atoms with Gasteiger partial charge in [-0.05, 0) is 44.0 Å². The molecule has 1 N–H and O–H groups in total. The number of aliphatic hydroxyl groups is 1. The molecule has 2 rings (SSSR count). The number of halogens is 1. The van der Waals surface area contributed by atoms with Gasteiger partial charge in [-0.25, -0.2) is 4.39 Å². The first kappa shape index (κ1) is 14.4. The minimum absolute atomic E-state index is 0.277. The van der Waals surface area contributed by atoms with E-state index in [0.717, 1.165) is 31.6 Å². The molecule has 0 bridgehead atoms. The first-order chi connectivity index (χ1) is 9.15. The molecule has 0 saturated carbocycles. The van der Waals surface area contributed by atoms with Crippen molar-refractivity contribution in [1.82, 2.24) is 4.90 Å². The van der Waals surface area contributed by atoms with Crippen LogP contribution >= 0.6 is 0 Å². The van der Waals surface area contributed by atoms with Crippen LogP contribution in [0.1, 0.15) is 30.9 Å². The van der Waals surface area contributed by atoms with Crippen LogP contribution in [0.4, 0.5) is 4.39 Å². The second-order valence-electron chi connectivity index (χ2n) is 5.28. The zero-order chi connectivity index (χ0) is 13.7. The maximum Gasteiger partial charge on any atom is 0.123 e. The van der Waals surface area contributed by atoms with Crippen molar-refractivity contribution in [2.45, 2.75) is 31.5 Å². The summed E-state index contributed by atoms with van der Waals surface area (Å²) >= 11 is 0. The monoisotopic (exact) mass is 267 g/mol. The van der Waals surface area contributed by atoms with E-state index in [4.69, 9.17) is 4.74 Å². The minimum Gasteiger partial charge on any atom is -0.387 e. The molecule has 1 aromatic carbocycles. The van der Waals surface area contributed by atoms with E-state index in [0.29, 0.717) is 6.54 Å². The van der Waals surface area contributed by atoms with Crippen molar-refractivity contribution >= 4 is 0 Å². The zero-order valence-corrected chi connectivity index (χ0v) is 11.4. The molecule has 1 saturated heterocycles. The summed E-state index contributed by atoms with van der Waals surface area (Å²) in [6.45, 7) is 2.21. The molecule has 3 nitrogen and oxygen atoms in total. The van der Waals surface area contributed by atoms with Gasteiger partial charge in [-0.15, -0.1) is 0 Å². The smallest absolute Gasteiger partial charge is 0.123 e. The van der Waals surface area contributed by atoms with E-state index in [1.807, 2.05) is 7.05 Å². The van der Waals surface area contributed by atoms with Crippen LogP contribution in [0, 0.1) is 5.82 Å². The molecular weight excluding hydrogens is 245 g/mol. The molecule has 0 aliphatic carbocycles. The highest BCUT2D eigenvalue weighted by Gasteiger charge is 2.18. The summed E-state index contributed by atoms with van der Waals surface area (Å²) in [6, 6.07) is 6.02. The SMILES string of the molecule is CN(CC1CCCCO1)CC(O)c1ccc(F)cc1. The van der Waals surface area contributed by atoms with Crippen LogP contribution in [0.25, 0.3) is 0 Å². The molecule has 1 aliphatic heterocycles. The Hall–Kier alpha value is -0.970. The van der Waals surface area contributed by atoms with Crippen LogP contribution in [-0.4, -0.2) is 42.9 Å². The lowest BCUT2D eigenvalue weighted by atomic mass is 10.1. The third-order valence-corrected chi connectivity index (χ3v) is 3.53. The van der Waals surface area contributed by atoms with Crippen molar-refractivity contribution in [2.24, 2.45) is 0 Å². The molecule has 4 heteroatoms. The van der Waals surface area contributed by atoms with Crippen molar-refractivity contribution in [3.05, 3.63) is 35.6 Å². The highest BCUT2D eigenvalue weighted by Crippen LogP contribution is 2.17. The number of rotatable bonds is 5. The Kier molecular flexibility index (Phi) is 5.31. The number of nitrogens with zero attached hydrogens (tertiary/aromatic N) is 1. The fourth-order valence-corrected chi connectivity index (χ4v) is 2.46. The molecule has 1 aliphatic rings. The van der Waals surface area contributed by atoms with Crippen molar-refractivity contribution in [1.29, 1.82) is 0 Å². The van der Waals surface area contributed by atoms with Crippen molar-refractivity contribution in [3.63, 3.8) is 0 Å². The van der Waals surface area contributed by atoms with E-state index in [1.54, 1.807) is 12.1 Å². The number of likely N-dealkylation sites (N-methyl/N-ethyl adjacent to an activating group) is 1. The van der Waals surface area contributed by atoms with Crippen LogP contribution in [0.5, 0.6) is 0 Å². The summed E-state index contributed by atoms with van der Waals surface area (Å²) in [5, 5.41) is 10.1. The average Bonchev–Trinajstić information content (AvgIpc) is 2.40. The molecule has 2 atom stereocenters. The molecule has 106 valence electrons. The highest BCUT2D eigenvalue weighted by molar-refractivity contribution is 5.18. The zero-order valence-electron chi connectivity index (χ0n) is 11.4. The van der Waals surface area contributed by atoms with Gasteiger partial charge < -0.3 is 14.7 Å². The molecule has 0 spiro atoms. The molecular formula is C15H22FNO2. The van der Waals surface area contributed by atoms with E-state index in [9.17, 15) is 9.50 Å². The van der Waals surface area contributed by atoms with E-state index in [1.165, 1.54) is 18.6 Å². The molecule has 1 fully saturated rings. The molecule has 0 aromatic heterocycles. The Morgan fingerprint density at radius 2 is 2.11 bits per heavy atom. The first-order valence-corrected chi connectivity index (χ1v) is 6.89. The summed E-state index contributed by atoms with van der Waals surface area (Å²) in [7, 11) is 1.98. The second-order valence-corrected chi connectivity index (χ2v) is 5.28. The van der Waals surface area contributed by atoms with Gasteiger partial charge >= 0.3 is 0 Å². The van der Waals surface area contributed by atoms with Crippen LogP contribution in [0.15, 0.2) is 24.3 Å². The number of hydrogen-bond donors (Lipinski definition) is 1. The average molecular weight is 267 g/mol. The fraction of sp³-hybridized carbons (Fsp3) is 0.600. The molecule has 0 amide bonds. The van der Waals surface area contributed by atoms with Gasteiger partial charge in [0.1, 0.15) is 5.82 Å². The Morgan fingerprint density at radius 1 is 1.37 bits per heavy atom. The molecule has 19 heavy (non-hydrogen) atoms. The van der Waals surface area contributed by atoms with Gasteiger partial charge in [0, 0.05) is 19.7 Å². The maximum atomic E-state index is 12.8. The Bertz CT molecular complexity index is 376. The summed E-state index contributed by atoms with van der Waals surface area (Å²) in [5.74, 6) is -0.278. The molecule has 1 aromatic rings. The summed E-state index contributed by atoms with van der Waals surface area (Å²) in [5.41, 5.74) is 0.748. The van der Waals surface area contributed by atoms with Gasteiger partial charge in [-0.2, -0.15) is 0 Å². The number of benzene rings is 1. The summed E-state index contributed by atoms with van der Waals surface area (Å²) in [6.07, 6.45) is 3.15. The van der Waals surface area contributed by atoms with Crippen molar-refractivity contribution in [2.75, 3.05) is 26.7 Å². The lowest BCUT2D eigenvalue weighted by Crippen LogP contribution is -2.35. The van der Waals surface area contributed by atoms with E-state index in [-0.39, 0.29) is 11.9 Å². The van der Waals surface area contributed by atoms with Crippen LogP contribution < -0.4 is 0 Å². The lowest BCUT2D eigenvalue weighted by molar-refractivity contribution is -0.00795. The van der Waals surface area contributed by atoms with Crippen molar-refractivity contribution in [3.8, 4) is 0 Å². The van der Waals surface area contributed by atoms with Gasteiger partial charge in [0.2, 0.25) is 0 Å². The van der Waals surface area contributed by atoms with Gasteiger partial charge in [-0.1, -0.05) is 12.1 Å². The number of hydrogen-bond acceptors (Lipinski definition) is 3. The molecule has 0 radical (unpaired) electrons. The Morgan fingerprint density at radius 3 is 2.74 bits per heavy atom. The first-order valence-electron chi connectivity index (χ1n) is 6.89. The summed E-state index contributed by atoms with van der Waals surface area (Å²) < 4.78 is 18.5. The third kappa shape index (κ3) is 4.56. The number of aliphatic hydroxyl groups excluding tert-OH is 1. The largest absolute Gasteiger partial charge is 0.387 e. The summed E-state index contributed by atoms with van der Waals surface area (Å²) in [4.78, 5) is 2.07. The van der Waals surface area contributed by atoms with Crippen LogP contribution in [-0.2, 0) is 4.74 Å². The predicted octanol–water partition coefficient (Wildman–Crippen LogP) is 2.36. The standard InChI is InChI=1S/C15H22FNO2/c1-17(10-14-4-2-3-9-19-14)11-15(18)12-5-7-13(16)8-6-12/h5-8,14-15,18H,2-4,9-11H2,1H3. The topological polar surface area (TPSA) is 32.7 Å². The number of ether oxygens (including phenoxy) is 1. The van der Waals surface area contributed by atoms with Gasteiger partial charge in [0.25, 0.3) is 0 Å². The third-order valence-electron chi connectivity index (χ3n) is 3.53. The van der Waals surface area contributed by atoms with E-state index in [2.05, 4.69) is 4.90 Å². The Balaban J connectivity index is 1.80. The lowest BCUT2D eigenvalue weighted by Gasteiger charge is -2.28. The van der Waals surface area contributed by atoms with Gasteiger partial charge in [-0.3, -0.25) is 0 Å². The fourth-order valence-electron chi connectivity index (χ4n) is 2.46. The minimum atomic E-state index is -0.589. The quantitative estimate of drug-likeness (QED) is 0.889. The highest BCUT2D eigenvalue weighted by atomic mass is 19.1. The van der Waals surface area contributed by atoms with Gasteiger partial charge in [0.15, 0.2) is 0 Å². The van der Waals surface area contributed by atoms with Crippen molar-refractivity contribution < 1.29 is 14.2 Å². The Labute approximate surface area is 114 Å².